The molecule has 0 amide bonds. The molecule has 23 heavy (non-hydrogen) atoms. The number of hydrogen-bond acceptors (Lipinski definition) is 3. The first kappa shape index (κ1) is 15.8. The molecule has 0 radical (unpaired) electrons. The third kappa shape index (κ3) is 3.02. The second kappa shape index (κ2) is 6.55. The Morgan fingerprint density at radius 1 is 1.09 bits per heavy atom. The van der Waals surface area contributed by atoms with Crippen LogP contribution in [0.15, 0.2) is 60.7 Å². The van der Waals surface area contributed by atoms with Gasteiger partial charge in [0.2, 0.25) is 0 Å². The minimum atomic E-state index is -0.550. The quantitative estimate of drug-likeness (QED) is 0.793. The van der Waals surface area contributed by atoms with E-state index in [2.05, 4.69) is 36.1 Å². The summed E-state index contributed by atoms with van der Waals surface area (Å²) in [6.45, 7) is 2.94. The van der Waals surface area contributed by atoms with E-state index in [4.69, 9.17) is 4.74 Å². The van der Waals surface area contributed by atoms with Crippen LogP contribution in [0.5, 0.6) is 0 Å². The van der Waals surface area contributed by atoms with Gasteiger partial charge in [0.1, 0.15) is 5.54 Å². The summed E-state index contributed by atoms with van der Waals surface area (Å²) >= 11 is 0. The fourth-order valence-corrected chi connectivity index (χ4v) is 3.68. The highest BCUT2D eigenvalue weighted by atomic mass is 16.5. The van der Waals surface area contributed by atoms with Gasteiger partial charge in [-0.3, -0.25) is 9.69 Å². The average molecular weight is 309 g/mol. The molecule has 120 valence electrons. The molecule has 0 aromatic heterocycles. The highest BCUT2D eigenvalue weighted by Crippen LogP contribution is 2.41. The zero-order valence-electron chi connectivity index (χ0n) is 13.7. The maximum Gasteiger partial charge on any atom is 0.326 e. The molecule has 1 aliphatic heterocycles. The van der Waals surface area contributed by atoms with Crippen LogP contribution >= 0.6 is 0 Å². The van der Waals surface area contributed by atoms with Gasteiger partial charge in [-0.2, -0.15) is 0 Å². The van der Waals surface area contributed by atoms with E-state index in [0.29, 0.717) is 12.5 Å². The zero-order chi connectivity index (χ0) is 16.3. The Labute approximate surface area is 137 Å². The molecule has 2 aromatic rings. The summed E-state index contributed by atoms with van der Waals surface area (Å²) < 4.78 is 5.17. The smallest absolute Gasteiger partial charge is 0.326 e. The summed E-state index contributed by atoms with van der Waals surface area (Å²) in [5.74, 6) is -0.129. The molecule has 1 saturated heterocycles. The lowest BCUT2D eigenvalue weighted by molar-refractivity contribution is -0.174. The van der Waals surface area contributed by atoms with Crippen molar-refractivity contribution >= 4 is 5.97 Å². The molecule has 2 aromatic carbocycles. The molecular formula is C20H23NO2. The summed E-state index contributed by atoms with van der Waals surface area (Å²) in [4.78, 5) is 14.9. The first-order valence-electron chi connectivity index (χ1n) is 8.09. The predicted octanol–water partition coefficient (Wildman–Crippen LogP) is 3.44. The SMILES string of the molecule is COC(=O)C1(Cc2ccccc2)CC(C)N1Cc1ccccc1. The van der Waals surface area contributed by atoms with E-state index in [1.165, 1.54) is 18.2 Å². The lowest BCUT2D eigenvalue weighted by Crippen LogP contribution is -2.69. The van der Waals surface area contributed by atoms with Gasteiger partial charge in [0.15, 0.2) is 0 Å². The second-order valence-electron chi connectivity index (χ2n) is 6.35. The van der Waals surface area contributed by atoms with Crippen molar-refractivity contribution in [2.24, 2.45) is 0 Å². The Kier molecular flexibility index (Phi) is 4.49. The third-order valence-electron chi connectivity index (χ3n) is 4.82. The van der Waals surface area contributed by atoms with Crippen LogP contribution in [0.2, 0.25) is 0 Å². The highest BCUT2D eigenvalue weighted by Gasteiger charge is 2.55. The van der Waals surface area contributed by atoms with Crippen molar-refractivity contribution in [2.75, 3.05) is 7.11 Å². The number of hydrogen-bond donors (Lipinski definition) is 0. The normalized spacial score (nSPS) is 24.0. The van der Waals surface area contributed by atoms with E-state index in [-0.39, 0.29) is 5.97 Å². The number of benzene rings is 2. The van der Waals surface area contributed by atoms with Gasteiger partial charge in [0.25, 0.3) is 0 Å². The monoisotopic (exact) mass is 309 g/mol. The van der Waals surface area contributed by atoms with Crippen LogP contribution in [-0.4, -0.2) is 29.6 Å². The molecule has 0 bridgehead atoms. The Morgan fingerprint density at radius 2 is 1.65 bits per heavy atom. The van der Waals surface area contributed by atoms with E-state index in [9.17, 15) is 4.79 Å². The van der Waals surface area contributed by atoms with Crippen molar-refractivity contribution in [1.29, 1.82) is 0 Å². The number of carbonyl (C=O) groups is 1. The van der Waals surface area contributed by atoms with Gasteiger partial charge in [-0.15, -0.1) is 0 Å². The van der Waals surface area contributed by atoms with E-state index in [1.807, 2.05) is 36.4 Å². The maximum absolute atomic E-state index is 12.6. The Balaban J connectivity index is 1.87. The van der Waals surface area contributed by atoms with E-state index in [1.54, 1.807) is 0 Å². The first-order chi connectivity index (χ1) is 11.2. The summed E-state index contributed by atoms with van der Waals surface area (Å²) in [6, 6.07) is 20.9. The lowest BCUT2D eigenvalue weighted by Gasteiger charge is -2.55. The Morgan fingerprint density at radius 3 is 2.17 bits per heavy atom. The van der Waals surface area contributed by atoms with Gasteiger partial charge >= 0.3 is 5.97 Å². The number of carbonyl (C=O) groups excluding carboxylic acids is 1. The number of rotatable bonds is 5. The number of likely N-dealkylation sites (tertiary alicyclic amines) is 1. The van der Waals surface area contributed by atoms with Crippen LogP contribution in [-0.2, 0) is 22.5 Å². The third-order valence-corrected chi connectivity index (χ3v) is 4.82. The Hall–Kier alpha value is -2.13. The fourth-order valence-electron chi connectivity index (χ4n) is 3.68. The van der Waals surface area contributed by atoms with Crippen LogP contribution < -0.4 is 0 Å². The largest absolute Gasteiger partial charge is 0.468 e. The molecule has 3 heteroatoms. The van der Waals surface area contributed by atoms with Crippen molar-refractivity contribution < 1.29 is 9.53 Å². The van der Waals surface area contributed by atoms with Crippen LogP contribution in [0, 0.1) is 0 Å². The highest BCUT2D eigenvalue weighted by molar-refractivity contribution is 5.82. The van der Waals surface area contributed by atoms with Crippen molar-refractivity contribution in [3.63, 3.8) is 0 Å². The van der Waals surface area contributed by atoms with Gasteiger partial charge in [0, 0.05) is 19.0 Å². The molecule has 3 rings (SSSR count). The molecule has 0 spiro atoms. The van der Waals surface area contributed by atoms with Crippen LogP contribution in [0.25, 0.3) is 0 Å². The number of methoxy groups -OCH3 is 1. The molecule has 2 atom stereocenters. The van der Waals surface area contributed by atoms with Crippen molar-refractivity contribution in [1.82, 2.24) is 4.90 Å². The number of esters is 1. The number of nitrogens with zero attached hydrogens (tertiary/aromatic N) is 1. The fraction of sp³-hybridized carbons (Fsp3) is 0.350. The zero-order valence-corrected chi connectivity index (χ0v) is 13.7. The van der Waals surface area contributed by atoms with Crippen molar-refractivity contribution in [3.05, 3.63) is 71.8 Å². The van der Waals surface area contributed by atoms with Crippen LogP contribution in [0.1, 0.15) is 24.5 Å². The van der Waals surface area contributed by atoms with E-state index >= 15 is 0 Å². The van der Waals surface area contributed by atoms with Gasteiger partial charge < -0.3 is 4.74 Å². The van der Waals surface area contributed by atoms with Crippen LogP contribution in [0.3, 0.4) is 0 Å². The molecule has 3 nitrogen and oxygen atoms in total. The summed E-state index contributed by atoms with van der Waals surface area (Å²) in [6.07, 6.45) is 1.53. The van der Waals surface area contributed by atoms with Gasteiger partial charge in [-0.25, -0.2) is 0 Å². The standard InChI is InChI=1S/C20H23NO2/c1-16-13-20(19(22)23-2,14-17-9-5-3-6-10-17)21(16)15-18-11-7-4-8-12-18/h3-12,16H,13-15H2,1-2H3. The average Bonchev–Trinajstić information content (AvgIpc) is 2.60. The van der Waals surface area contributed by atoms with E-state index < -0.39 is 5.54 Å². The lowest BCUT2D eigenvalue weighted by atomic mass is 9.74. The molecule has 1 aliphatic rings. The van der Waals surface area contributed by atoms with Gasteiger partial charge in [0.05, 0.1) is 7.11 Å². The molecule has 0 saturated carbocycles. The minimum absolute atomic E-state index is 0.129. The van der Waals surface area contributed by atoms with Gasteiger partial charge in [-0.05, 0) is 24.5 Å². The Bertz CT molecular complexity index is 656. The molecule has 2 unspecified atom stereocenters. The summed E-state index contributed by atoms with van der Waals surface area (Å²) in [5, 5.41) is 0. The van der Waals surface area contributed by atoms with Crippen molar-refractivity contribution in [2.45, 2.75) is 37.9 Å². The molecule has 0 aliphatic carbocycles. The molecule has 1 heterocycles. The van der Waals surface area contributed by atoms with E-state index in [0.717, 1.165) is 13.0 Å². The topological polar surface area (TPSA) is 29.5 Å². The predicted molar refractivity (Wildman–Crippen MR) is 91.0 cm³/mol. The number of ether oxygens (including phenoxy) is 1. The molecule has 1 fully saturated rings. The van der Waals surface area contributed by atoms with Gasteiger partial charge in [-0.1, -0.05) is 60.7 Å². The molecular weight excluding hydrogens is 286 g/mol. The second-order valence-corrected chi connectivity index (χ2v) is 6.35. The van der Waals surface area contributed by atoms with Crippen molar-refractivity contribution in [3.8, 4) is 0 Å². The first-order valence-corrected chi connectivity index (χ1v) is 8.09. The molecule has 0 N–H and O–H groups in total. The summed E-state index contributed by atoms with van der Waals surface area (Å²) in [5.41, 5.74) is 1.84. The summed E-state index contributed by atoms with van der Waals surface area (Å²) in [7, 11) is 1.48. The maximum atomic E-state index is 12.6. The minimum Gasteiger partial charge on any atom is -0.468 e. The van der Waals surface area contributed by atoms with Crippen LogP contribution in [0.4, 0.5) is 0 Å².